The molecule has 2 unspecified atom stereocenters. The van der Waals surface area contributed by atoms with Gasteiger partial charge in [0.1, 0.15) is 72.1 Å². The van der Waals surface area contributed by atoms with Crippen LogP contribution in [-0.2, 0) is 57.5 Å². The molecule has 3 aliphatic heterocycles. The van der Waals surface area contributed by atoms with Gasteiger partial charge in [0.15, 0.2) is 0 Å². The van der Waals surface area contributed by atoms with Crippen molar-refractivity contribution in [3.8, 4) is 0 Å². The number of nitrogens with one attached hydrogen (secondary N) is 3. The molecule has 1 spiro atoms. The molecule has 0 radical (unpaired) electrons. The predicted octanol–water partition coefficient (Wildman–Crippen LogP) is 6.04. The van der Waals surface area contributed by atoms with E-state index in [2.05, 4.69) is 22.9 Å². The van der Waals surface area contributed by atoms with Crippen LogP contribution in [0.3, 0.4) is 0 Å². The summed E-state index contributed by atoms with van der Waals surface area (Å²) in [7, 11) is 11.3. The molecule has 2 bridgehead atoms. The highest BCUT2D eigenvalue weighted by atomic mass is 19.4. The van der Waals surface area contributed by atoms with Crippen LogP contribution >= 0.6 is 0 Å². The Morgan fingerprint density at radius 1 is 0.650 bits per heavy atom. The van der Waals surface area contributed by atoms with Gasteiger partial charge in [-0.05, 0) is 124 Å². The molecular formula is C74H117F5N12O12. The second-order valence-corrected chi connectivity index (χ2v) is 32.5. The normalized spacial score (nSPS) is 33.2. The van der Waals surface area contributed by atoms with Crippen LogP contribution in [0, 0.1) is 46.8 Å². The van der Waals surface area contributed by atoms with Gasteiger partial charge in [0, 0.05) is 69.5 Å². The third kappa shape index (κ3) is 19.8. The summed E-state index contributed by atoms with van der Waals surface area (Å²) in [6, 6.07) is -10.4. The van der Waals surface area contributed by atoms with Gasteiger partial charge >= 0.3 is 6.18 Å². The number of fused-ring (bicyclic) bond motifs is 3. The quantitative estimate of drug-likeness (QED) is 0.167. The maximum absolute atomic E-state index is 15.7. The Hall–Kier alpha value is -6.97. The predicted molar refractivity (Wildman–Crippen MR) is 374 cm³/mol. The lowest BCUT2D eigenvalue weighted by molar-refractivity contribution is -0.219. The summed E-state index contributed by atoms with van der Waals surface area (Å²) in [6.45, 7) is 11.7. The van der Waals surface area contributed by atoms with Crippen molar-refractivity contribution < 1.29 is 79.5 Å². The van der Waals surface area contributed by atoms with Crippen LogP contribution in [-0.4, -0.2) is 270 Å². The minimum absolute atomic E-state index is 0.0210. The van der Waals surface area contributed by atoms with Gasteiger partial charge in [-0.3, -0.25) is 57.5 Å². The van der Waals surface area contributed by atoms with E-state index in [4.69, 9.17) is 0 Å². The summed E-state index contributed by atoms with van der Waals surface area (Å²) in [4.78, 5) is 191. The number of nitrogens with zero attached hydrogens (tertiary/aromatic N) is 9. The van der Waals surface area contributed by atoms with Gasteiger partial charge in [-0.25, -0.2) is 8.78 Å². The van der Waals surface area contributed by atoms with E-state index < -0.39 is 205 Å². The zero-order valence-corrected chi connectivity index (χ0v) is 63.5. The average Bonchev–Trinajstić information content (AvgIpc) is 1.52. The van der Waals surface area contributed by atoms with Gasteiger partial charge in [0.05, 0.1) is 19.5 Å². The maximum Gasteiger partial charge on any atom is 0.397 e. The highest BCUT2D eigenvalue weighted by Gasteiger charge is 2.60. The van der Waals surface area contributed by atoms with E-state index >= 15 is 37.5 Å². The fourth-order valence-corrected chi connectivity index (χ4v) is 17.4. The van der Waals surface area contributed by atoms with Crippen LogP contribution in [0.2, 0.25) is 0 Å². The van der Waals surface area contributed by atoms with E-state index in [0.717, 1.165) is 45.3 Å². The Morgan fingerprint density at radius 2 is 1.26 bits per heavy atom. The molecule has 4 aliphatic carbocycles. The zero-order chi connectivity index (χ0) is 76.7. The Labute approximate surface area is 605 Å². The van der Waals surface area contributed by atoms with Gasteiger partial charge in [-0.2, -0.15) is 13.2 Å². The Kier molecular flexibility index (Phi) is 28.3. The van der Waals surface area contributed by atoms with Gasteiger partial charge < -0.3 is 60.0 Å². The molecule has 12 atom stereocenters. The molecule has 580 valence electrons. The standard InChI is InChI=1S/C74H117F5N12O12/c1-16-45(5)61-69(101)85(11)40-59(94)87(13)53-25-19-18-22-32-90(68(53)100)56(36-46-28-26-43(3)27-29-46)67(99)84(10)39-57(92)80-51(31-30-47-34-49(75)60(50(76)35-47)74(77,78)79)65(97)91-38-44(4)33-54(91)64(96)82-73(41-72(6,7)42-73)71(103)89(15)62(48-23-20-21-24-48)70(102)88(14)55(66(98)83(8)9)37-58(93)86(12)52(17-2)63(95)81-61/h18-19,43-56,60-62H,16-17,20-42H2,1-15H3,(H,80,92)(H,81,95)(H,82,96)/b19-18-/t43?,44-,45-,46?,47?,49?,50?,51-,52-,53-,54-,55-,56-,60?,61-,62-/m0/s1. The molecule has 3 N–H and O–H groups in total. The molecule has 3 heterocycles. The lowest BCUT2D eigenvalue weighted by atomic mass is 9.58. The zero-order valence-electron chi connectivity index (χ0n) is 63.5. The van der Waals surface area contributed by atoms with Crippen LogP contribution in [0.15, 0.2) is 12.2 Å². The SMILES string of the molecule is CC[C@H](C)[C@@H]1NC(=O)[C@H](CC)N(C)C(=O)C[C@@H](C(=O)N(C)C)N(C)C(=O)[C@H](C2CCCC2)N(C)C(=O)C2(CC(C)(C)C2)NC(=O)[C@@H]2C[C@H](C)CN2C(=O)[C@H](CCC2CC(F)C(C(F)(F)F)C(F)C2)NC(=O)CN(C)C(=O)[C@H](CC2CCC(C)CC2)N2CC/C=C\C[C@@H](C2=O)N(C)C(=O)CN(C)C1=O. The number of amides is 12. The van der Waals surface area contributed by atoms with Crippen molar-refractivity contribution in [2.45, 2.75) is 256 Å². The molecular weight excluding hydrogens is 1340 g/mol. The molecule has 24 nitrogen and oxygen atoms in total. The highest BCUT2D eigenvalue weighted by Crippen LogP contribution is 2.50. The Morgan fingerprint density at radius 3 is 1.83 bits per heavy atom. The first-order chi connectivity index (χ1) is 48.2. The molecule has 7 rings (SSSR count). The number of hydrogen-bond acceptors (Lipinski definition) is 12. The van der Waals surface area contributed by atoms with Gasteiger partial charge in [0.2, 0.25) is 70.9 Å². The lowest BCUT2D eigenvalue weighted by Gasteiger charge is -2.54. The summed E-state index contributed by atoms with van der Waals surface area (Å²) in [5, 5.41) is 8.62. The molecule has 0 aromatic heterocycles. The minimum Gasteiger partial charge on any atom is -0.347 e. The van der Waals surface area contributed by atoms with E-state index in [1.54, 1.807) is 26.8 Å². The van der Waals surface area contributed by atoms with Crippen molar-refractivity contribution in [2.75, 3.05) is 82.6 Å². The molecule has 29 heteroatoms. The van der Waals surface area contributed by atoms with Crippen molar-refractivity contribution in [1.82, 2.24) is 60.0 Å². The number of hydrogen-bond donors (Lipinski definition) is 3. The van der Waals surface area contributed by atoms with Crippen LogP contribution < -0.4 is 16.0 Å². The summed E-state index contributed by atoms with van der Waals surface area (Å²) in [5.74, 6) is -13.2. The Balaban J connectivity index is 1.31. The molecule has 12 amide bonds. The largest absolute Gasteiger partial charge is 0.397 e. The average molecular weight is 1460 g/mol. The monoisotopic (exact) mass is 1460 g/mol. The molecule has 103 heavy (non-hydrogen) atoms. The van der Waals surface area contributed by atoms with Crippen LogP contribution in [0.1, 0.15) is 183 Å². The number of carbonyl (C=O) groups is 12. The second kappa shape index (κ2) is 35.0. The fourth-order valence-electron chi connectivity index (χ4n) is 17.4. The number of rotatable bonds is 10. The van der Waals surface area contributed by atoms with Gasteiger partial charge in [-0.15, -0.1) is 0 Å². The first kappa shape index (κ1) is 83.3. The van der Waals surface area contributed by atoms with Gasteiger partial charge in [-0.1, -0.05) is 106 Å². The first-order valence-electron chi connectivity index (χ1n) is 37.5. The summed E-state index contributed by atoms with van der Waals surface area (Å²) >= 11 is 0. The molecule has 6 fully saturated rings. The van der Waals surface area contributed by atoms with E-state index in [-0.39, 0.29) is 76.3 Å². The summed E-state index contributed by atoms with van der Waals surface area (Å²) < 4.78 is 72.7. The fraction of sp³-hybridized carbons (Fsp3) is 0.811. The second-order valence-electron chi connectivity index (χ2n) is 32.5. The smallest absolute Gasteiger partial charge is 0.347 e. The lowest BCUT2D eigenvalue weighted by Crippen LogP contribution is -2.71. The molecule has 7 aliphatic rings. The summed E-state index contributed by atoms with van der Waals surface area (Å²) in [6.07, 6.45) is -2.56. The van der Waals surface area contributed by atoms with E-state index in [9.17, 15) is 41.9 Å². The Bertz CT molecular complexity index is 3100. The van der Waals surface area contributed by atoms with Crippen molar-refractivity contribution in [1.29, 1.82) is 0 Å². The van der Waals surface area contributed by atoms with Crippen LogP contribution in [0.5, 0.6) is 0 Å². The number of halogens is 5. The number of alkyl halides is 5. The van der Waals surface area contributed by atoms with Crippen molar-refractivity contribution in [2.24, 2.45) is 46.8 Å². The highest BCUT2D eigenvalue weighted by molar-refractivity contribution is 6.01. The topological polar surface area (TPSA) is 270 Å². The molecule has 0 aromatic rings. The van der Waals surface area contributed by atoms with Crippen molar-refractivity contribution in [3.63, 3.8) is 0 Å². The van der Waals surface area contributed by atoms with Crippen molar-refractivity contribution in [3.05, 3.63) is 12.2 Å². The molecule has 0 aromatic carbocycles. The summed E-state index contributed by atoms with van der Waals surface area (Å²) in [5.41, 5.74) is -2.21. The number of likely N-dealkylation sites (N-methyl/N-ethyl adjacent to an activating group) is 7. The van der Waals surface area contributed by atoms with E-state index in [0.29, 0.717) is 44.4 Å². The molecule has 2 saturated heterocycles. The van der Waals surface area contributed by atoms with Gasteiger partial charge in [0.25, 0.3) is 0 Å². The van der Waals surface area contributed by atoms with Crippen LogP contribution in [0.25, 0.3) is 0 Å². The number of carbonyl (C=O) groups excluding carboxylic acids is 12. The van der Waals surface area contributed by atoms with E-state index in [1.807, 2.05) is 26.8 Å². The maximum atomic E-state index is 15.7. The third-order valence-corrected chi connectivity index (χ3v) is 23.6. The third-order valence-electron chi connectivity index (χ3n) is 23.6. The first-order valence-corrected chi connectivity index (χ1v) is 37.5. The van der Waals surface area contributed by atoms with E-state index in [1.165, 1.54) is 80.9 Å². The van der Waals surface area contributed by atoms with Crippen LogP contribution in [0.4, 0.5) is 22.0 Å². The van der Waals surface area contributed by atoms with Crippen molar-refractivity contribution >= 4 is 70.9 Å². The minimum atomic E-state index is -5.16. The molecule has 4 saturated carbocycles.